The Hall–Kier alpha value is -2.14. The molecule has 2 aliphatic rings. The second kappa shape index (κ2) is 8.31. The summed E-state index contributed by atoms with van der Waals surface area (Å²) in [6.07, 6.45) is 6.42. The van der Waals surface area contributed by atoms with Crippen LogP contribution in [-0.4, -0.2) is 12.7 Å². The Morgan fingerprint density at radius 3 is 2.17 bits per heavy atom. The molecule has 4 rings (SSSR count). The number of fused-ring (bicyclic) bond motifs is 1. The first-order chi connectivity index (χ1) is 14.0. The quantitative estimate of drug-likeness (QED) is 0.499. The topological polar surface area (TPSA) is 9.23 Å². The zero-order valence-corrected chi connectivity index (χ0v) is 16.4. The summed E-state index contributed by atoms with van der Waals surface area (Å²) in [5.41, 5.74) is 1.97. The molecule has 2 aliphatic carbocycles. The lowest BCUT2D eigenvalue weighted by atomic mass is 9.82. The summed E-state index contributed by atoms with van der Waals surface area (Å²) < 4.78 is 62.5. The third-order valence-corrected chi connectivity index (χ3v) is 5.98. The van der Waals surface area contributed by atoms with E-state index in [0.717, 1.165) is 50.8 Å². The number of halogens is 4. The molecule has 1 nitrogen and oxygen atoms in total. The van der Waals surface area contributed by atoms with Gasteiger partial charge in [0.1, 0.15) is 11.6 Å². The van der Waals surface area contributed by atoms with E-state index in [9.17, 15) is 17.6 Å². The number of rotatable bonds is 5. The third kappa shape index (κ3) is 4.11. The molecule has 29 heavy (non-hydrogen) atoms. The Labute approximate surface area is 168 Å². The number of hydrogen-bond acceptors (Lipinski definition) is 1. The van der Waals surface area contributed by atoms with Gasteiger partial charge >= 0.3 is 0 Å². The summed E-state index contributed by atoms with van der Waals surface area (Å²) in [4.78, 5) is 0. The fraction of sp³-hybridized carbons (Fsp3) is 0.417. The van der Waals surface area contributed by atoms with E-state index < -0.39 is 23.3 Å². The van der Waals surface area contributed by atoms with E-state index in [1.165, 1.54) is 18.2 Å². The number of ether oxygens (including phenoxy) is 1. The van der Waals surface area contributed by atoms with Crippen LogP contribution in [0, 0.1) is 23.3 Å². The van der Waals surface area contributed by atoms with Crippen LogP contribution in [-0.2, 0) is 11.2 Å². The average Bonchev–Trinajstić information content (AvgIpc) is 3.08. The van der Waals surface area contributed by atoms with E-state index in [-0.39, 0.29) is 24.0 Å². The molecule has 0 saturated heterocycles. The molecule has 0 heterocycles. The van der Waals surface area contributed by atoms with Gasteiger partial charge in [0.25, 0.3) is 0 Å². The summed E-state index contributed by atoms with van der Waals surface area (Å²) in [6.45, 7) is 2.82. The molecular formula is C24H24F4O. The van der Waals surface area contributed by atoms with Gasteiger partial charge in [-0.05, 0) is 91.0 Å². The molecule has 0 amide bonds. The maximum absolute atomic E-state index is 14.9. The van der Waals surface area contributed by atoms with Crippen molar-refractivity contribution in [3.05, 3.63) is 69.8 Å². The van der Waals surface area contributed by atoms with Crippen molar-refractivity contribution in [2.75, 3.05) is 6.61 Å². The molecule has 0 unspecified atom stereocenters. The van der Waals surface area contributed by atoms with Crippen molar-refractivity contribution in [2.24, 2.45) is 0 Å². The smallest absolute Gasteiger partial charge is 0.159 e. The Balaban J connectivity index is 1.52. The van der Waals surface area contributed by atoms with Gasteiger partial charge in [0.05, 0.1) is 6.10 Å². The lowest BCUT2D eigenvalue weighted by molar-refractivity contribution is 0.0251. The fourth-order valence-electron chi connectivity index (χ4n) is 4.48. The lowest BCUT2D eigenvalue weighted by Gasteiger charge is -2.29. The van der Waals surface area contributed by atoms with Gasteiger partial charge in [0.2, 0.25) is 0 Å². The summed E-state index contributed by atoms with van der Waals surface area (Å²) >= 11 is 0. The Morgan fingerprint density at radius 1 is 0.862 bits per heavy atom. The molecule has 1 fully saturated rings. The highest BCUT2D eigenvalue weighted by Gasteiger charge is 2.27. The molecule has 2 aromatic rings. The second-order valence-electron chi connectivity index (χ2n) is 8.02. The van der Waals surface area contributed by atoms with Crippen molar-refractivity contribution in [3.63, 3.8) is 0 Å². The normalized spacial score (nSPS) is 21.2. The highest BCUT2D eigenvalue weighted by molar-refractivity contribution is 5.89. The van der Waals surface area contributed by atoms with Crippen LogP contribution in [0.2, 0.25) is 0 Å². The number of allylic oxidation sites excluding steroid dienone is 1. The highest BCUT2D eigenvalue weighted by Crippen LogP contribution is 2.39. The van der Waals surface area contributed by atoms with Crippen molar-refractivity contribution in [3.8, 4) is 0 Å². The van der Waals surface area contributed by atoms with Crippen LogP contribution in [0.5, 0.6) is 0 Å². The van der Waals surface area contributed by atoms with Gasteiger partial charge in [-0.3, -0.25) is 0 Å². The number of benzene rings is 2. The first-order valence-electron chi connectivity index (χ1n) is 10.3. The Bertz CT molecular complexity index is 919. The average molecular weight is 404 g/mol. The molecular weight excluding hydrogens is 380 g/mol. The zero-order valence-electron chi connectivity index (χ0n) is 16.4. The monoisotopic (exact) mass is 404 g/mol. The SMILES string of the molecule is CCCOC1CCC(c2cc(F)c(C3=Cc4cc(F)c(F)cc4C3)c(F)c2)CC1. The first-order valence-corrected chi connectivity index (χ1v) is 10.3. The minimum absolute atomic E-state index is 0.106. The van der Waals surface area contributed by atoms with Gasteiger partial charge < -0.3 is 4.74 Å². The zero-order chi connectivity index (χ0) is 20.5. The van der Waals surface area contributed by atoms with Gasteiger partial charge in [-0.15, -0.1) is 0 Å². The standard InChI is InChI=1S/C24H24F4O/c1-2-7-29-19-5-3-14(4-6-19)17-12-22(27)24(23(28)13-17)18-8-15-10-20(25)21(26)11-16(15)9-18/h8,10-14,19H,2-7,9H2,1H3. The summed E-state index contributed by atoms with van der Waals surface area (Å²) in [7, 11) is 0. The summed E-state index contributed by atoms with van der Waals surface area (Å²) in [5.74, 6) is -3.04. The van der Waals surface area contributed by atoms with Crippen LogP contribution in [0.15, 0.2) is 24.3 Å². The minimum Gasteiger partial charge on any atom is -0.378 e. The largest absolute Gasteiger partial charge is 0.378 e. The molecule has 0 atom stereocenters. The number of hydrogen-bond donors (Lipinski definition) is 0. The van der Waals surface area contributed by atoms with Gasteiger partial charge in [-0.25, -0.2) is 17.6 Å². The van der Waals surface area contributed by atoms with E-state index in [4.69, 9.17) is 4.74 Å². The van der Waals surface area contributed by atoms with Crippen molar-refractivity contribution in [1.82, 2.24) is 0 Å². The first kappa shape index (κ1) is 20.1. The lowest BCUT2D eigenvalue weighted by Crippen LogP contribution is -2.21. The molecule has 0 aliphatic heterocycles. The maximum Gasteiger partial charge on any atom is 0.159 e. The van der Waals surface area contributed by atoms with Crippen LogP contribution in [0.4, 0.5) is 17.6 Å². The van der Waals surface area contributed by atoms with Crippen LogP contribution < -0.4 is 0 Å². The summed E-state index contributed by atoms with van der Waals surface area (Å²) in [6, 6.07) is 5.00. The van der Waals surface area contributed by atoms with E-state index in [2.05, 4.69) is 6.92 Å². The van der Waals surface area contributed by atoms with E-state index >= 15 is 0 Å². The molecule has 0 N–H and O–H groups in total. The molecule has 0 spiro atoms. The predicted molar refractivity (Wildman–Crippen MR) is 106 cm³/mol. The van der Waals surface area contributed by atoms with E-state index in [1.54, 1.807) is 0 Å². The molecule has 2 aromatic carbocycles. The van der Waals surface area contributed by atoms with E-state index in [0.29, 0.717) is 22.3 Å². The van der Waals surface area contributed by atoms with Crippen molar-refractivity contribution in [1.29, 1.82) is 0 Å². The molecule has 154 valence electrons. The van der Waals surface area contributed by atoms with Crippen LogP contribution in [0.1, 0.15) is 67.2 Å². The highest BCUT2D eigenvalue weighted by atomic mass is 19.2. The third-order valence-electron chi connectivity index (χ3n) is 5.98. The minimum atomic E-state index is -0.962. The Kier molecular flexibility index (Phi) is 5.77. The summed E-state index contributed by atoms with van der Waals surface area (Å²) in [5, 5.41) is 0. The van der Waals surface area contributed by atoms with E-state index in [1.807, 2.05) is 0 Å². The van der Waals surface area contributed by atoms with Crippen molar-refractivity contribution in [2.45, 2.75) is 57.5 Å². The van der Waals surface area contributed by atoms with Gasteiger partial charge in [0, 0.05) is 12.2 Å². The van der Waals surface area contributed by atoms with Gasteiger partial charge in [0.15, 0.2) is 11.6 Å². The Morgan fingerprint density at radius 2 is 1.52 bits per heavy atom. The van der Waals surface area contributed by atoms with Crippen molar-refractivity contribution < 1.29 is 22.3 Å². The maximum atomic E-state index is 14.9. The fourth-order valence-corrected chi connectivity index (χ4v) is 4.48. The predicted octanol–water partition coefficient (Wildman–Crippen LogP) is 6.79. The van der Waals surface area contributed by atoms with Crippen molar-refractivity contribution >= 4 is 11.6 Å². The second-order valence-corrected chi connectivity index (χ2v) is 8.02. The molecule has 0 bridgehead atoms. The molecule has 0 aromatic heterocycles. The van der Waals surface area contributed by atoms with Gasteiger partial charge in [-0.2, -0.15) is 0 Å². The van der Waals surface area contributed by atoms with Crippen LogP contribution >= 0.6 is 0 Å². The van der Waals surface area contributed by atoms with Crippen LogP contribution in [0.3, 0.4) is 0 Å². The molecule has 5 heteroatoms. The van der Waals surface area contributed by atoms with Crippen LogP contribution in [0.25, 0.3) is 11.6 Å². The van der Waals surface area contributed by atoms with Gasteiger partial charge in [-0.1, -0.05) is 13.0 Å². The molecule has 0 radical (unpaired) electrons. The molecule has 1 saturated carbocycles.